The van der Waals surface area contributed by atoms with E-state index in [1.54, 1.807) is 6.92 Å². The summed E-state index contributed by atoms with van der Waals surface area (Å²) in [6.07, 6.45) is -0.551. The molecule has 2 aromatic carbocycles. The first-order chi connectivity index (χ1) is 8.58. The van der Waals surface area contributed by atoms with Crippen molar-refractivity contribution in [2.24, 2.45) is 0 Å². The zero-order valence-corrected chi connectivity index (χ0v) is 11.9. The first-order valence-corrected chi connectivity index (χ1v) is 6.58. The summed E-state index contributed by atoms with van der Waals surface area (Å²) in [7, 11) is 0. The summed E-state index contributed by atoms with van der Waals surface area (Å²) in [6, 6.07) is 13.4. The van der Waals surface area contributed by atoms with Gasteiger partial charge in [0.2, 0.25) is 0 Å². The molecule has 0 aliphatic heterocycles. The highest BCUT2D eigenvalue weighted by Crippen LogP contribution is 2.33. The molecule has 2 aromatic rings. The maximum Gasteiger partial charge on any atom is 0.141 e. The standard InChI is InChI=1S/C15H15BrO2/c1-10-7-8-15(13(16)9-10)18-14-6-4-3-5-12(14)11(2)17/h3-9,11,17H,1-2H3. The van der Waals surface area contributed by atoms with Gasteiger partial charge in [0.1, 0.15) is 11.5 Å². The summed E-state index contributed by atoms with van der Waals surface area (Å²) in [4.78, 5) is 0. The van der Waals surface area contributed by atoms with Crippen LogP contribution < -0.4 is 4.74 Å². The maximum atomic E-state index is 9.70. The van der Waals surface area contributed by atoms with Gasteiger partial charge in [0.05, 0.1) is 10.6 Å². The minimum absolute atomic E-state index is 0.551. The third-order valence-electron chi connectivity index (χ3n) is 2.68. The van der Waals surface area contributed by atoms with Gasteiger partial charge in [-0.15, -0.1) is 0 Å². The number of benzene rings is 2. The van der Waals surface area contributed by atoms with E-state index < -0.39 is 6.10 Å². The number of para-hydroxylation sites is 1. The number of hydrogen-bond acceptors (Lipinski definition) is 2. The Morgan fingerprint density at radius 2 is 1.83 bits per heavy atom. The molecule has 0 aliphatic rings. The van der Waals surface area contributed by atoms with Crippen LogP contribution in [0.25, 0.3) is 0 Å². The van der Waals surface area contributed by atoms with Crippen LogP contribution in [0.2, 0.25) is 0 Å². The zero-order chi connectivity index (χ0) is 13.1. The Labute approximate surface area is 115 Å². The molecule has 0 heterocycles. The SMILES string of the molecule is Cc1ccc(Oc2ccccc2C(C)O)c(Br)c1. The molecule has 0 aromatic heterocycles. The summed E-state index contributed by atoms with van der Waals surface area (Å²) in [6.45, 7) is 3.75. The fraction of sp³-hybridized carbons (Fsp3) is 0.200. The second kappa shape index (κ2) is 5.55. The highest BCUT2D eigenvalue weighted by atomic mass is 79.9. The van der Waals surface area contributed by atoms with Crippen LogP contribution in [0.3, 0.4) is 0 Å². The van der Waals surface area contributed by atoms with Crippen LogP contribution in [0.1, 0.15) is 24.2 Å². The molecule has 0 radical (unpaired) electrons. The summed E-state index contributed by atoms with van der Waals surface area (Å²) in [5.74, 6) is 1.42. The lowest BCUT2D eigenvalue weighted by molar-refractivity contribution is 0.195. The normalized spacial score (nSPS) is 12.2. The van der Waals surface area contributed by atoms with Gasteiger partial charge < -0.3 is 9.84 Å². The summed E-state index contributed by atoms with van der Waals surface area (Å²) >= 11 is 3.48. The third-order valence-corrected chi connectivity index (χ3v) is 3.30. The van der Waals surface area contributed by atoms with Gasteiger partial charge in [-0.2, -0.15) is 0 Å². The molecule has 94 valence electrons. The Morgan fingerprint density at radius 3 is 2.50 bits per heavy atom. The van der Waals surface area contributed by atoms with Crippen LogP contribution in [-0.2, 0) is 0 Å². The largest absolute Gasteiger partial charge is 0.456 e. The van der Waals surface area contributed by atoms with E-state index in [4.69, 9.17) is 4.74 Å². The van der Waals surface area contributed by atoms with E-state index in [1.807, 2.05) is 49.4 Å². The Kier molecular flexibility index (Phi) is 4.04. The van der Waals surface area contributed by atoms with Crippen LogP contribution in [0, 0.1) is 6.92 Å². The molecule has 0 spiro atoms. The Balaban J connectivity index is 2.34. The molecular formula is C15H15BrO2. The molecule has 1 unspecified atom stereocenters. The smallest absolute Gasteiger partial charge is 0.141 e. The van der Waals surface area contributed by atoms with E-state index in [0.29, 0.717) is 5.75 Å². The van der Waals surface area contributed by atoms with Crippen LogP contribution in [0.4, 0.5) is 0 Å². The molecule has 1 atom stereocenters. The Morgan fingerprint density at radius 1 is 1.11 bits per heavy atom. The molecule has 3 heteroatoms. The maximum absolute atomic E-state index is 9.70. The number of hydrogen-bond donors (Lipinski definition) is 1. The van der Waals surface area contributed by atoms with Gasteiger partial charge in [-0.1, -0.05) is 24.3 Å². The summed E-state index contributed by atoms with van der Waals surface area (Å²) in [5, 5.41) is 9.70. The number of aryl methyl sites for hydroxylation is 1. The quantitative estimate of drug-likeness (QED) is 0.897. The van der Waals surface area contributed by atoms with Gasteiger partial charge in [0, 0.05) is 5.56 Å². The number of aliphatic hydroxyl groups excluding tert-OH is 1. The molecule has 1 N–H and O–H groups in total. The fourth-order valence-electron chi connectivity index (χ4n) is 1.73. The Bertz CT molecular complexity index is 550. The molecule has 0 aliphatic carbocycles. The molecular weight excluding hydrogens is 292 g/mol. The van der Waals surface area contributed by atoms with E-state index in [2.05, 4.69) is 15.9 Å². The monoisotopic (exact) mass is 306 g/mol. The van der Waals surface area contributed by atoms with Gasteiger partial charge in [0.25, 0.3) is 0 Å². The molecule has 0 saturated carbocycles. The van der Waals surface area contributed by atoms with Crippen LogP contribution >= 0.6 is 15.9 Å². The van der Waals surface area contributed by atoms with E-state index in [9.17, 15) is 5.11 Å². The van der Waals surface area contributed by atoms with Crippen molar-refractivity contribution in [3.63, 3.8) is 0 Å². The second-order valence-corrected chi connectivity index (χ2v) is 5.10. The number of rotatable bonds is 3. The third kappa shape index (κ3) is 2.92. The van der Waals surface area contributed by atoms with Gasteiger partial charge in [0.15, 0.2) is 0 Å². The van der Waals surface area contributed by atoms with Crippen molar-refractivity contribution < 1.29 is 9.84 Å². The minimum atomic E-state index is -0.551. The Hall–Kier alpha value is -1.32. The van der Waals surface area contributed by atoms with Gasteiger partial charge in [-0.25, -0.2) is 0 Å². The van der Waals surface area contributed by atoms with Crippen molar-refractivity contribution in [3.8, 4) is 11.5 Å². The summed E-state index contributed by atoms with van der Waals surface area (Å²) in [5.41, 5.74) is 1.95. The fourth-order valence-corrected chi connectivity index (χ4v) is 2.30. The first-order valence-electron chi connectivity index (χ1n) is 5.79. The van der Waals surface area contributed by atoms with E-state index in [-0.39, 0.29) is 0 Å². The van der Waals surface area contributed by atoms with Crippen LogP contribution in [0.15, 0.2) is 46.9 Å². The topological polar surface area (TPSA) is 29.5 Å². The van der Waals surface area contributed by atoms with Gasteiger partial charge >= 0.3 is 0 Å². The van der Waals surface area contributed by atoms with Crippen molar-refractivity contribution in [1.29, 1.82) is 0 Å². The molecule has 0 fully saturated rings. The van der Waals surface area contributed by atoms with Crippen molar-refractivity contribution in [2.75, 3.05) is 0 Å². The van der Waals surface area contributed by atoms with Crippen LogP contribution in [-0.4, -0.2) is 5.11 Å². The highest BCUT2D eigenvalue weighted by Gasteiger charge is 2.10. The van der Waals surface area contributed by atoms with Gasteiger partial charge in [-0.05, 0) is 53.5 Å². The van der Waals surface area contributed by atoms with Gasteiger partial charge in [-0.3, -0.25) is 0 Å². The molecule has 0 bridgehead atoms. The van der Waals surface area contributed by atoms with E-state index in [0.717, 1.165) is 21.3 Å². The molecule has 0 saturated heterocycles. The predicted molar refractivity (Wildman–Crippen MR) is 76.0 cm³/mol. The number of aliphatic hydroxyl groups is 1. The van der Waals surface area contributed by atoms with E-state index in [1.165, 1.54) is 0 Å². The number of halogens is 1. The zero-order valence-electron chi connectivity index (χ0n) is 10.4. The average molecular weight is 307 g/mol. The highest BCUT2D eigenvalue weighted by molar-refractivity contribution is 9.10. The number of ether oxygens (including phenoxy) is 1. The molecule has 2 rings (SSSR count). The lowest BCUT2D eigenvalue weighted by atomic mass is 10.1. The average Bonchev–Trinajstić information content (AvgIpc) is 2.33. The minimum Gasteiger partial charge on any atom is -0.456 e. The lowest BCUT2D eigenvalue weighted by Gasteiger charge is -2.14. The molecule has 0 amide bonds. The van der Waals surface area contributed by atoms with Crippen molar-refractivity contribution in [1.82, 2.24) is 0 Å². The van der Waals surface area contributed by atoms with E-state index >= 15 is 0 Å². The first kappa shape index (κ1) is 13.1. The van der Waals surface area contributed by atoms with Crippen molar-refractivity contribution >= 4 is 15.9 Å². The lowest BCUT2D eigenvalue weighted by Crippen LogP contribution is -1.96. The molecule has 18 heavy (non-hydrogen) atoms. The molecule has 2 nitrogen and oxygen atoms in total. The second-order valence-electron chi connectivity index (χ2n) is 4.25. The van der Waals surface area contributed by atoms with Crippen molar-refractivity contribution in [2.45, 2.75) is 20.0 Å². The summed E-state index contributed by atoms with van der Waals surface area (Å²) < 4.78 is 6.76. The predicted octanol–water partition coefficient (Wildman–Crippen LogP) is 4.60. The van der Waals surface area contributed by atoms with Crippen molar-refractivity contribution in [3.05, 3.63) is 58.1 Å². The van der Waals surface area contributed by atoms with Crippen LogP contribution in [0.5, 0.6) is 11.5 Å².